The number of piperidine rings is 1. The summed E-state index contributed by atoms with van der Waals surface area (Å²) >= 11 is 0. The maximum Gasteiger partial charge on any atom is 0.421 e. The van der Waals surface area contributed by atoms with Crippen molar-refractivity contribution in [2.75, 3.05) is 30.3 Å². The molecule has 1 aliphatic rings. The second-order valence-electron chi connectivity index (χ2n) is 7.08. The SMILES string of the molecule is CC/C=C(\CCC)Nc1ncc(C(F)(F)F)c(NCCCN2CCCCC2=O)n1. The zero-order chi connectivity index (χ0) is 21.3. The first kappa shape index (κ1) is 23.0. The van der Waals surface area contributed by atoms with Crippen LogP contribution in [0, 0.1) is 0 Å². The van der Waals surface area contributed by atoms with Gasteiger partial charge >= 0.3 is 6.18 Å². The highest BCUT2D eigenvalue weighted by molar-refractivity contribution is 5.76. The molecule has 0 aliphatic carbocycles. The molecule has 1 amide bonds. The number of nitrogens with zero attached hydrogens (tertiary/aromatic N) is 3. The largest absolute Gasteiger partial charge is 0.421 e. The van der Waals surface area contributed by atoms with Gasteiger partial charge in [-0.1, -0.05) is 26.3 Å². The van der Waals surface area contributed by atoms with Gasteiger partial charge in [-0.25, -0.2) is 4.98 Å². The van der Waals surface area contributed by atoms with Gasteiger partial charge in [-0.3, -0.25) is 4.79 Å². The molecule has 1 aliphatic heterocycles. The van der Waals surface area contributed by atoms with Crippen LogP contribution in [0.25, 0.3) is 0 Å². The Balaban J connectivity index is 2.04. The van der Waals surface area contributed by atoms with Crippen LogP contribution in [0.1, 0.15) is 64.4 Å². The Morgan fingerprint density at radius 2 is 2.10 bits per heavy atom. The number of carbonyl (C=O) groups excluding carboxylic acids is 1. The lowest BCUT2D eigenvalue weighted by Gasteiger charge is -2.26. The second-order valence-corrected chi connectivity index (χ2v) is 7.08. The average molecular weight is 413 g/mol. The summed E-state index contributed by atoms with van der Waals surface area (Å²) in [4.78, 5) is 21.5. The Morgan fingerprint density at radius 1 is 1.31 bits per heavy atom. The van der Waals surface area contributed by atoms with Gasteiger partial charge in [-0.15, -0.1) is 0 Å². The molecule has 2 heterocycles. The lowest BCUT2D eigenvalue weighted by Crippen LogP contribution is -2.36. The van der Waals surface area contributed by atoms with E-state index in [1.807, 2.05) is 19.9 Å². The lowest BCUT2D eigenvalue weighted by molar-refractivity contribution is -0.137. The lowest BCUT2D eigenvalue weighted by atomic mass is 10.1. The van der Waals surface area contributed by atoms with Crippen molar-refractivity contribution in [2.45, 2.75) is 65.0 Å². The average Bonchev–Trinajstić information content (AvgIpc) is 2.66. The maximum absolute atomic E-state index is 13.3. The number of likely N-dealkylation sites (tertiary alicyclic amines) is 1. The number of alkyl halides is 3. The number of hydrogen-bond donors (Lipinski definition) is 2. The van der Waals surface area contributed by atoms with Crippen molar-refractivity contribution in [1.29, 1.82) is 0 Å². The predicted octanol–water partition coefficient (Wildman–Crippen LogP) is 4.82. The maximum atomic E-state index is 13.3. The molecule has 1 aromatic rings. The van der Waals surface area contributed by atoms with Crippen LogP contribution in [-0.4, -0.2) is 40.4 Å². The number of carbonyl (C=O) groups is 1. The molecule has 0 spiro atoms. The molecule has 29 heavy (non-hydrogen) atoms. The molecule has 0 saturated carbocycles. The number of amides is 1. The molecule has 2 N–H and O–H groups in total. The Kier molecular flexibility index (Phi) is 8.72. The van der Waals surface area contributed by atoms with E-state index in [0.717, 1.165) is 50.5 Å². The number of allylic oxidation sites excluding steroid dienone is 2. The molecule has 2 rings (SSSR count). The summed E-state index contributed by atoms with van der Waals surface area (Å²) < 4.78 is 40.0. The van der Waals surface area contributed by atoms with Crippen LogP contribution in [-0.2, 0) is 11.0 Å². The summed E-state index contributed by atoms with van der Waals surface area (Å²) in [6, 6.07) is 0. The summed E-state index contributed by atoms with van der Waals surface area (Å²) in [5.74, 6) is 0.0130. The van der Waals surface area contributed by atoms with E-state index in [1.165, 1.54) is 0 Å². The molecule has 1 fully saturated rings. The summed E-state index contributed by atoms with van der Waals surface area (Å²) in [6.45, 7) is 5.56. The minimum absolute atomic E-state index is 0.118. The molecule has 162 valence electrons. The van der Waals surface area contributed by atoms with Crippen LogP contribution < -0.4 is 10.6 Å². The molecule has 0 aromatic carbocycles. The third-order valence-corrected chi connectivity index (χ3v) is 4.66. The Morgan fingerprint density at radius 3 is 2.76 bits per heavy atom. The van der Waals surface area contributed by atoms with Crippen LogP contribution >= 0.6 is 0 Å². The summed E-state index contributed by atoms with van der Waals surface area (Å²) in [5, 5.41) is 5.81. The van der Waals surface area contributed by atoms with E-state index in [9.17, 15) is 18.0 Å². The van der Waals surface area contributed by atoms with Crippen LogP contribution in [0.3, 0.4) is 0 Å². The number of halogens is 3. The van der Waals surface area contributed by atoms with Crippen molar-refractivity contribution in [3.63, 3.8) is 0 Å². The topological polar surface area (TPSA) is 70.2 Å². The first-order valence-electron chi connectivity index (χ1n) is 10.3. The third-order valence-electron chi connectivity index (χ3n) is 4.66. The minimum Gasteiger partial charge on any atom is -0.369 e. The fourth-order valence-electron chi connectivity index (χ4n) is 3.23. The quantitative estimate of drug-likeness (QED) is 0.539. The van der Waals surface area contributed by atoms with Gasteiger partial charge in [0.25, 0.3) is 0 Å². The van der Waals surface area contributed by atoms with E-state index in [1.54, 1.807) is 4.90 Å². The monoisotopic (exact) mass is 413 g/mol. The van der Waals surface area contributed by atoms with E-state index >= 15 is 0 Å². The molecule has 0 atom stereocenters. The first-order valence-corrected chi connectivity index (χ1v) is 10.3. The zero-order valence-corrected chi connectivity index (χ0v) is 17.1. The van der Waals surface area contributed by atoms with E-state index < -0.39 is 11.7 Å². The molecule has 6 nitrogen and oxygen atoms in total. The van der Waals surface area contributed by atoms with E-state index in [2.05, 4.69) is 20.6 Å². The van der Waals surface area contributed by atoms with Gasteiger partial charge in [-0.05, 0) is 32.1 Å². The molecule has 9 heteroatoms. The zero-order valence-electron chi connectivity index (χ0n) is 17.1. The van der Waals surface area contributed by atoms with Gasteiger partial charge in [0.15, 0.2) is 0 Å². The van der Waals surface area contributed by atoms with E-state index in [0.29, 0.717) is 19.4 Å². The van der Waals surface area contributed by atoms with Crippen molar-refractivity contribution in [3.05, 3.63) is 23.5 Å². The van der Waals surface area contributed by atoms with Gasteiger partial charge in [0, 0.05) is 37.9 Å². The minimum atomic E-state index is -4.55. The number of hydrogen-bond acceptors (Lipinski definition) is 5. The molecule has 0 unspecified atom stereocenters. The van der Waals surface area contributed by atoms with E-state index in [4.69, 9.17) is 0 Å². The Hall–Kier alpha value is -2.32. The van der Waals surface area contributed by atoms with Gasteiger partial charge in [0.2, 0.25) is 11.9 Å². The van der Waals surface area contributed by atoms with Crippen LogP contribution in [0.5, 0.6) is 0 Å². The molecular formula is C20H30F3N5O. The van der Waals surface area contributed by atoms with Gasteiger partial charge in [0.1, 0.15) is 11.4 Å². The summed E-state index contributed by atoms with van der Waals surface area (Å²) in [5.41, 5.74) is -0.00192. The summed E-state index contributed by atoms with van der Waals surface area (Å²) in [7, 11) is 0. The highest BCUT2D eigenvalue weighted by Gasteiger charge is 2.35. The van der Waals surface area contributed by atoms with Crippen molar-refractivity contribution in [3.8, 4) is 0 Å². The molecule has 0 radical (unpaired) electrons. The van der Waals surface area contributed by atoms with Gasteiger partial charge in [-0.2, -0.15) is 18.2 Å². The van der Waals surface area contributed by atoms with Gasteiger partial charge in [0.05, 0.1) is 0 Å². The molecular weight excluding hydrogens is 383 g/mol. The van der Waals surface area contributed by atoms with Crippen molar-refractivity contribution in [1.82, 2.24) is 14.9 Å². The molecule has 0 bridgehead atoms. The van der Waals surface area contributed by atoms with Crippen molar-refractivity contribution in [2.24, 2.45) is 0 Å². The normalized spacial score (nSPS) is 15.6. The Labute approximate surface area is 170 Å². The standard InChI is InChI=1S/C20H30F3N5O/c1-3-8-15(9-4-2)26-19-25-14-16(20(21,22)23)18(27-19)24-11-7-13-28-12-6-5-10-17(28)29/h8,14H,3-7,9-13H2,1-2H3,(H2,24,25,26,27)/b15-8+. The third kappa shape index (κ3) is 7.21. The second kappa shape index (κ2) is 11.0. The number of anilines is 2. The Bertz CT molecular complexity index is 706. The smallest absolute Gasteiger partial charge is 0.369 e. The highest BCUT2D eigenvalue weighted by atomic mass is 19.4. The number of aromatic nitrogens is 2. The fraction of sp³-hybridized carbons (Fsp3) is 0.650. The van der Waals surface area contributed by atoms with Gasteiger partial charge < -0.3 is 15.5 Å². The first-order chi connectivity index (χ1) is 13.8. The van der Waals surface area contributed by atoms with Crippen LogP contribution in [0.4, 0.5) is 24.9 Å². The fourth-order valence-corrected chi connectivity index (χ4v) is 3.23. The number of rotatable bonds is 10. The van der Waals surface area contributed by atoms with E-state index in [-0.39, 0.29) is 24.2 Å². The molecule has 1 aromatic heterocycles. The summed E-state index contributed by atoms with van der Waals surface area (Å²) in [6.07, 6.45) is 3.71. The van der Waals surface area contributed by atoms with Crippen LogP contribution in [0.15, 0.2) is 18.0 Å². The highest BCUT2D eigenvalue weighted by Crippen LogP contribution is 2.34. The number of nitrogens with one attached hydrogen (secondary N) is 2. The molecule has 1 saturated heterocycles. The van der Waals surface area contributed by atoms with Crippen molar-refractivity contribution >= 4 is 17.7 Å². The van der Waals surface area contributed by atoms with Crippen LogP contribution in [0.2, 0.25) is 0 Å². The predicted molar refractivity (Wildman–Crippen MR) is 107 cm³/mol. The van der Waals surface area contributed by atoms with Crippen molar-refractivity contribution < 1.29 is 18.0 Å².